The molecule has 0 spiro atoms. The zero-order valence-corrected chi connectivity index (χ0v) is 25.5. The number of hydrogen-bond acceptors (Lipinski definition) is 9. The van der Waals surface area contributed by atoms with Gasteiger partial charge < -0.3 is 30.6 Å². The molecule has 11 nitrogen and oxygen atoms in total. The quantitative estimate of drug-likeness (QED) is 0.291. The van der Waals surface area contributed by atoms with E-state index in [1.807, 2.05) is 30.3 Å². The molecule has 0 saturated heterocycles. The van der Waals surface area contributed by atoms with Gasteiger partial charge in [0.25, 0.3) is 0 Å². The van der Waals surface area contributed by atoms with Crippen molar-refractivity contribution in [1.29, 1.82) is 0 Å². The fourth-order valence-electron chi connectivity index (χ4n) is 4.92. The molecule has 3 atom stereocenters. The summed E-state index contributed by atoms with van der Waals surface area (Å²) in [7, 11) is 0. The van der Waals surface area contributed by atoms with E-state index in [1.54, 1.807) is 26.8 Å². The predicted molar refractivity (Wildman–Crippen MR) is 159 cm³/mol. The van der Waals surface area contributed by atoms with E-state index >= 15 is 0 Å². The van der Waals surface area contributed by atoms with Gasteiger partial charge in [-0.15, -0.1) is 0 Å². The van der Waals surface area contributed by atoms with Crippen molar-refractivity contribution in [2.24, 2.45) is 5.73 Å². The Kier molecular flexibility index (Phi) is 10.5. The molecular weight excluding hydrogens is 554 g/mol. The maximum atomic E-state index is 14.1. The lowest BCUT2D eigenvalue weighted by Crippen LogP contribution is -2.50. The molecule has 2 aromatic carbocycles. The van der Waals surface area contributed by atoms with Gasteiger partial charge in [-0.3, -0.25) is 19.2 Å². The first kappa shape index (κ1) is 33.0. The predicted octanol–water partition coefficient (Wildman–Crippen LogP) is 3.58. The third-order valence-corrected chi connectivity index (χ3v) is 6.69. The number of fused-ring (bicyclic) bond motifs is 1. The number of ketones is 1. The molecule has 1 aliphatic carbocycles. The highest BCUT2D eigenvalue weighted by Gasteiger charge is 2.36. The smallest absolute Gasteiger partial charge is 0.408 e. The molecule has 1 unspecified atom stereocenters. The maximum absolute atomic E-state index is 14.1. The summed E-state index contributed by atoms with van der Waals surface area (Å²) in [5.41, 5.74) is 8.23. The summed E-state index contributed by atoms with van der Waals surface area (Å²) in [5, 5.41) is 5.14. The van der Waals surface area contributed by atoms with Gasteiger partial charge in [-0.1, -0.05) is 30.3 Å². The zero-order chi connectivity index (χ0) is 32.1. The largest absolute Gasteiger partial charge is 0.444 e. The van der Waals surface area contributed by atoms with Crippen LogP contribution in [-0.4, -0.2) is 54.0 Å². The summed E-state index contributed by atoms with van der Waals surface area (Å²) in [6, 6.07) is 10.5. The fourth-order valence-corrected chi connectivity index (χ4v) is 4.92. The van der Waals surface area contributed by atoms with Crippen molar-refractivity contribution in [3.8, 4) is 11.5 Å². The van der Waals surface area contributed by atoms with Crippen molar-refractivity contribution in [2.75, 3.05) is 6.54 Å². The normalized spacial score (nSPS) is 15.9. The number of carbonyl (C=O) groups is 5. The summed E-state index contributed by atoms with van der Waals surface area (Å²) in [4.78, 5) is 63.2. The van der Waals surface area contributed by atoms with Crippen LogP contribution >= 0.6 is 0 Å². The molecule has 3 rings (SSSR count). The van der Waals surface area contributed by atoms with Crippen LogP contribution in [-0.2, 0) is 30.3 Å². The minimum atomic E-state index is -1.03. The molecule has 0 fully saturated rings. The highest BCUT2D eigenvalue weighted by molar-refractivity contribution is 6.25. The summed E-state index contributed by atoms with van der Waals surface area (Å²) in [5.74, 6) is -2.57. The van der Waals surface area contributed by atoms with Gasteiger partial charge >= 0.3 is 18.0 Å². The van der Waals surface area contributed by atoms with Crippen LogP contribution in [0.4, 0.5) is 4.79 Å². The molecule has 43 heavy (non-hydrogen) atoms. The first-order valence-corrected chi connectivity index (χ1v) is 14.0. The number of nitrogens with two attached hydrogens (primary N) is 1. The zero-order valence-electron chi connectivity index (χ0n) is 25.5. The van der Waals surface area contributed by atoms with E-state index in [9.17, 15) is 24.0 Å². The number of alkyl carbamates (subject to hydrolysis) is 1. The van der Waals surface area contributed by atoms with Gasteiger partial charge in [-0.25, -0.2) is 4.79 Å². The number of benzene rings is 2. The van der Waals surface area contributed by atoms with Crippen LogP contribution in [0.5, 0.6) is 11.5 Å². The average Bonchev–Trinajstić information content (AvgIpc) is 2.91. The first-order chi connectivity index (χ1) is 20.1. The third kappa shape index (κ3) is 8.29. The van der Waals surface area contributed by atoms with Crippen LogP contribution < -0.4 is 25.8 Å². The Morgan fingerprint density at radius 2 is 1.53 bits per heavy atom. The van der Waals surface area contributed by atoms with Crippen molar-refractivity contribution >= 4 is 35.3 Å². The molecule has 0 aliphatic heterocycles. The van der Waals surface area contributed by atoms with E-state index in [4.69, 9.17) is 19.9 Å². The maximum Gasteiger partial charge on any atom is 0.408 e. The molecule has 1 aliphatic rings. The number of ether oxygens (including phenoxy) is 3. The van der Waals surface area contributed by atoms with Crippen LogP contribution in [0.2, 0.25) is 0 Å². The standard InChI is InChI=1S/C32H39N3O8/c1-17(34-30(39)18(2)35-31(40)43-32(5,6)7)28(38)27-22-13-14-26(41-19(3)36)29(42-20(4)37)24(22)15-23(25(27)16-33)21-11-9-8-10-12-21/h8-14,17-18,23H,15-16,33H2,1-7H3,(H,34,39)(H,35,40)/t17-,18-,23?/m0/s1. The Morgan fingerprint density at radius 1 is 0.907 bits per heavy atom. The molecule has 2 amide bonds. The SMILES string of the molecule is CC(=O)Oc1ccc2c(c1OC(C)=O)CC(c1ccccc1)C(CN)=C2C(=O)[C@H](C)NC(=O)[C@H](C)NC(=O)OC(C)(C)C. The number of rotatable bonds is 9. The fraction of sp³-hybridized carbons (Fsp3) is 0.406. The molecule has 4 N–H and O–H groups in total. The van der Waals surface area contributed by atoms with Gasteiger partial charge in [0, 0.05) is 37.4 Å². The van der Waals surface area contributed by atoms with E-state index < -0.39 is 47.4 Å². The number of hydrogen-bond donors (Lipinski definition) is 3. The lowest BCUT2D eigenvalue weighted by atomic mass is 9.73. The van der Waals surface area contributed by atoms with Crippen molar-refractivity contribution < 1.29 is 38.2 Å². The highest BCUT2D eigenvalue weighted by atomic mass is 16.6. The molecule has 0 aromatic heterocycles. The Hall–Kier alpha value is -4.51. The minimum Gasteiger partial charge on any atom is -0.444 e. The average molecular weight is 594 g/mol. The van der Waals surface area contributed by atoms with Crippen LogP contribution in [0.25, 0.3) is 5.57 Å². The molecule has 0 radical (unpaired) electrons. The van der Waals surface area contributed by atoms with Crippen LogP contribution in [0.15, 0.2) is 48.0 Å². The molecule has 2 aromatic rings. The van der Waals surface area contributed by atoms with Crippen molar-refractivity contribution in [3.63, 3.8) is 0 Å². The monoisotopic (exact) mass is 593 g/mol. The van der Waals surface area contributed by atoms with Crippen LogP contribution in [0, 0.1) is 0 Å². The number of carbonyl (C=O) groups excluding carboxylic acids is 5. The van der Waals surface area contributed by atoms with Gasteiger partial charge in [0.05, 0.1) is 6.04 Å². The molecule has 0 heterocycles. The second kappa shape index (κ2) is 13.6. The Balaban J connectivity index is 2.07. The number of nitrogens with one attached hydrogen (secondary N) is 2. The second-order valence-corrected chi connectivity index (χ2v) is 11.3. The van der Waals surface area contributed by atoms with Gasteiger partial charge in [0.15, 0.2) is 17.3 Å². The van der Waals surface area contributed by atoms with E-state index in [-0.39, 0.29) is 29.5 Å². The molecule has 0 saturated carbocycles. The van der Waals surface area contributed by atoms with Crippen LogP contribution in [0.3, 0.4) is 0 Å². The third-order valence-electron chi connectivity index (χ3n) is 6.69. The van der Waals surface area contributed by atoms with Crippen molar-refractivity contribution in [3.05, 3.63) is 64.7 Å². The van der Waals surface area contributed by atoms with E-state index in [0.717, 1.165) is 5.56 Å². The summed E-state index contributed by atoms with van der Waals surface area (Å²) in [6.07, 6.45) is -0.464. The summed E-state index contributed by atoms with van der Waals surface area (Å²) >= 11 is 0. The van der Waals surface area contributed by atoms with Crippen LogP contribution in [0.1, 0.15) is 71.1 Å². The van der Waals surface area contributed by atoms with Crippen molar-refractivity contribution in [1.82, 2.24) is 10.6 Å². The number of Topliss-reactive ketones (excluding diaryl/α,β-unsaturated/α-hetero) is 1. The van der Waals surface area contributed by atoms with Gasteiger partial charge in [0.1, 0.15) is 11.6 Å². The lowest BCUT2D eigenvalue weighted by Gasteiger charge is -2.32. The van der Waals surface area contributed by atoms with Gasteiger partial charge in [-0.2, -0.15) is 0 Å². The summed E-state index contributed by atoms with van der Waals surface area (Å²) in [6.45, 7) is 10.6. The molecule has 230 valence electrons. The summed E-state index contributed by atoms with van der Waals surface area (Å²) < 4.78 is 16.1. The molecule has 11 heteroatoms. The van der Waals surface area contributed by atoms with Crippen molar-refractivity contribution in [2.45, 2.75) is 78.5 Å². The number of amides is 2. The lowest BCUT2D eigenvalue weighted by molar-refractivity contribution is -0.134. The second-order valence-electron chi connectivity index (χ2n) is 11.3. The van der Waals surface area contributed by atoms with E-state index in [1.165, 1.54) is 33.8 Å². The molecular formula is C32H39N3O8. The highest BCUT2D eigenvalue weighted by Crippen LogP contribution is 2.47. The van der Waals surface area contributed by atoms with Gasteiger partial charge in [0.2, 0.25) is 5.91 Å². The topological polar surface area (TPSA) is 163 Å². The first-order valence-electron chi connectivity index (χ1n) is 14.0. The van der Waals surface area contributed by atoms with E-state index in [2.05, 4.69) is 10.6 Å². The minimum absolute atomic E-state index is 0.0337. The van der Waals surface area contributed by atoms with Gasteiger partial charge in [-0.05, 0) is 69.9 Å². The molecule has 0 bridgehead atoms. The Labute approximate surface area is 251 Å². The number of esters is 2. The van der Waals surface area contributed by atoms with E-state index in [0.29, 0.717) is 23.1 Å². The Bertz CT molecular complexity index is 1440. The Morgan fingerprint density at radius 3 is 2.09 bits per heavy atom.